The van der Waals surface area contributed by atoms with Crippen LogP contribution in [0.5, 0.6) is 0 Å². The van der Waals surface area contributed by atoms with Crippen molar-refractivity contribution in [1.82, 2.24) is 4.98 Å². The first-order valence-corrected chi connectivity index (χ1v) is 6.75. The van der Waals surface area contributed by atoms with Crippen LogP contribution in [0.1, 0.15) is 18.2 Å². The number of pyridine rings is 1. The highest BCUT2D eigenvalue weighted by molar-refractivity contribution is 6.01. The maximum atomic E-state index is 8.95. The maximum absolute atomic E-state index is 8.95. The van der Waals surface area contributed by atoms with Crippen molar-refractivity contribution in [2.75, 3.05) is 38.9 Å². The number of hydrogen-bond acceptors (Lipinski definition) is 6. The molecule has 0 aromatic carbocycles. The number of ether oxygens (including phenoxy) is 2. The number of nitrogens with zero attached hydrogens (tertiary/aromatic N) is 3. The molecule has 1 heterocycles. The Balaban J connectivity index is 3.24. The summed E-state index contributed by atoms with van der Waals surface area (Å²) < 4.78 is 10.4. The van der Waals surface area contributed by atoms with Gasteiger partial charge in [-0.05, 0) is 26.0 Å². The summed E-state index contributed by atoms with van der Waals surface area (Å²) in [5.74, 6) is 0.691. The van der Waals surface area contributed by atoms with E-state index in [1.807, 2.05) is 24.8 Å². The van der Waals surface area contributed by atoms with Crippen molar-refractivity contribution in [3.8, 4) is 0 Å². The van der Waals surface area contributed by atoms with Gasteiger partial charge in [-0.1, -0.05) is 5.16 Å². The fraction of sp³-hybridized carbons (Fsp3) is 0.571. The Kier molecular flexibility index (Phi) is 6.90. The second-order valence-corrected chi connectivity index (χ2v) is 4.80. The van der Waals surface area contributed by atoms with Gasteiger partial charge in [0.25, 0.3) is 0 Å². The van der Waals surface area contributed by atoms with E-state index in [0.717, 1.165) is 5.69 Å². The molecular formula is C14H24N4O3. The van der Waals surface area contributed by atoms with Gasteiger partial charge in [-0.2, -0.15) is 0 Å². The average Bonchev–Trinajstić information content (AvgIpc) is 2.47. The highest BCUT2D eigenvalue weighted by atomic mass is 16.5. The zero-order valence-corrected chi connectivity index (χ0v) is 13.0. The van der Waals surface area contributed by atoms with Gasteiger partial charge in [0.15, 0.2) is 5.84 Å². The van der Waals surface area contributed by atoms with E-state index >= 15 is 0 Å². The van der Waals surface area contributed by atoms with E-state index in [9.17, 15) is 0 Å². The van der Waals surface area contributed by atoms with E-state index in [1.165, 1.54) is 0 Å². The van der Waals surface area contributed by atoms with E-state index < -0.39 is 0 Å². The van der Waals surface area contributed by atoms with Gasteiger partial charge in [-0.25, -0.2) is 4.98 Å². The lowest BCUT2D eigenvalue weighted by Crippen LogP contribution is -2.40. The molecule has 1 aromatic heterocycles. The molecule has 1 atom stereocenters. The van der Waals surface area contributed by atoms with Crippen LogP contribution >= 0.6 is 0 Å². The van der Waals surface area contributed by atoms with Crippen LogP contribution in [0.25, 0.3) is 0 Å². The molecule has 0 bridgehead atoms. The zero-order valence-electron chi connectivity index (χ0n) is 13.0. The number of nitrogens with two attached hydrogens (primary N) is 1. The maximum Gasteiger partial charge on any atom is 0.173 e. The SMILES string of the molecule is COCCN(c1nc(C)ccc1C(N)=NO)C(C)COC. The number of oxime groups is 1. The first-order chi connectivity index (χ1) is 10.0. The topological polar surface area (TPSA) is 93.2 Å². The number of methoxy groups -OCH3 is 2. The molecule has 0 aliphatic rings. The molecule has 0 spiro atoms. The summed E-state index contributed by atoms with van der Waals surface area (Å²) in [6.45, 7) is 5.63. The molecule has 0 amide bonds. The van der Waals surface area contributed by atoms with Crippen LogP contribution in [0.4, 0.5) is 5.82 Å². The fourth-order valence-electron chi connectivity index (χ4n) is 2.07. The quantitative estimate of drug-likeness (QED) is 0.321. The van der Waals surface area contributed by atoms with Gasteiger partial charge < -0.3 is 25.3 Å². The van der Waals surface area contributed by atoms with Crippen molar-refractivity contribution < 1.29 is 14.7 Å². The van der Waals surface area contributed by atoms with Crippen molar-refractivity contribution in [2.24, 2.45) is 10.9 Å². The number of amidine groups is 1. The van der Waals surface area contributed by atoms with Crippen LogP contribution in [0.3, 0.4) is 0 Å². The Morgan fingerprint density at radius 1 is 1.43 bits per heavy atom. The molecule has 21 heavy (non-hydrogen) atoms. The standard InChI is InChI=1S/C14H24N4O3/c1-10-5-6-12(13(15)17-19)14(16-10)18(7-8-20-3)11(2)9-21-4/h5-6,11,19H,7-9H2,1-4H3,(H2,15,17). The van der Waals surface area contributed by atoms with E-state index in [0.29, 0.717) is 31.1 Å². The van der Waals surface area contributed by atoms with E-state index in [1.54, 1.807) is 20.3 Å². The molecule has 0 fully saturated rings. The third-order valence-electron chi connectivity index (χ3n) is 3.15. The van der Waals surface area contributed by atoms with Crippen molar-refractivity contribution in [2.45, 2.75) is 19.9 Å². The van der Waals surface area contributed by atoms with Gasteiger partial charge in [-0.15, -0.1) is 0 Å². The second kappa shape index (κ2) is 8.43. The number of hydrogen-bond donors (Lipinski definition) is 2. The summed E-state index contributed by atoms with van der Waals surface area (Å²) in [5.41, 5.74) is 7.20. The molecular weight excluding hydrogens is 272 g/mol. The predicted molar refractivity (Wildman–Crippen MR) is 82.0 cm³/mol. The summed E-state index contributed by atoms with van der Waals surface area (Å²) in [4.78, 5) is 6.58. The van der Waals surface area contributed by atoms with E-state index in [4.69, 9.17) is 20.4 Å². The summed E-state index contributed by atoms with van der Waals surface area (Å²) in [5, 5.41) is 12.0. The van der Waals surface area contributed by atoms with Crippen molar-refractivity contribution in [1.29, 1.82) is 0 Å². The molecule has 1 aromatic rings. The molecule has 118 valence electrons. The molecule has 1 unspecified atom stereocenters. The molecule has 7 heteroatoms. The summed E-state index contributed by atoms with van der Waals surface area (Å²) in [6.07, 6.45) is 0. The molecule has 7 nitrogen and oxygen atoms in total. The highest BCUT2D eigenvalue weighted by Crippen LogP contribution is 2.21. The van der Waals surface area contributed by atoms with Crippen LogP contribution in [0.15, 0.2) is 17.3 Å². The molecule has 0 radical (unpaired) electrons. The first-order valence-electron chi connectivity index (χ1n) is 6.75. The molecule has 3 N–H and O–H groups in total. The lowest BCUT2D eigenvalue weighted by Gasteiger charge is -2.31. The van der Waals surface area contributed by atoms with E-state index in [-0.39, 0.29) is 11.9 Å². The lowest BCUT2D eigenvalue weighted by atomic mass is 10.1. The van der Waals surface area contributed by atoms with Gasteiger partial charge >= 0.3 is 0 Å². The largest absolute Gasteiger partial charge is 0.409 e. The van der Waals surface area contributed by atoms with Gasteiger partial charge in [-0.3, -0.25) is 0 Å². The normalized spacial score (nSPS) is 13.2. The van der Waals surface area contributed by atoms with Crippen LogP contribution in [-0.4, -0.2) is 56.0 Å². The van der Waals surface area contributed by atoms with Gasteiger partial charge in [0.05, 0.1) is 24.8 Å². The molecule has 0 aliphatic carbocycles. The predicted octanol–water partition coefficient (Wildman–Crippen LogP) is 0.972. The Morgan fingerprint density at radius 2 is 2.14 bits per heavy atom. The lowest BCUT2D eigenvalue weighted by molar-refractivity contribution is 0.170. The van der Waals surface area contributed by atoms with Crippen molar-refractivity contribution >= 4 is 11.7 Å². The average molecular weight is 296 g/mol. The zero-order chi connectivity index (χ0) is 15.8. The smallest absolute Gasteiger partial charge is 0.173 e. The Morgan fingerprint density at radius 3 is 2.71 bits per heavy atom. The van der Waals surface area contributed by atoms with E-state index in [2.05, 4.69) is 10.1 Å². The number of anilines is 1. The van der Waals surface area contributed by atoms with Crippen molar-refractivity contribution in [3.63, 3.8) is 0 Å². The Labute approximate surface area is 125 Å². The number of aromatic nitrogens is 1. The monoisotopic (exact) mass is 296 g/mol. The van der Waals surface area contributed by atoms with Crippen LogP contribution < -0.4 is 10.6 Å². The van der Waals surface area contributed by atoms with Gasteiger partial charge in [0, 0.05) is 26.5 Å². The van der Waals surface area contributed by atoms with Crippen LogP contribution in [0.2, 0.25) is 0 Å². The Hall–Kier alpha value is -1.86. The third-order valence-corrected chi connectivity index (χ3v) is 3.15. The summed E-state index contributed by atoms with van der Waals surface area (Å²) >= 11 is 0. The minimum absolute atomic E-state index is 0.0320. The minimum Gasteiger partial charge on any atom is -0.409 e. The van der Waals surface area contributed by atoms with Crippen molar-refractivity contribution in [3.05, 3.63) is 23.4 Å². The van der Waals surface area contributed by atoms with Crippen LogP contribution in [-0.2, 0) is 9.47 Å². The summed E-state index contributed by atoms with van der Waals surface area (Å²) in [6, 6.07) is 3.70. The molecule has 1 rings (SSSR count). The summed E-state index contributed by atoms with van der Waals surface area (Å²) in [7, 11) is 3.30. The highest BCUT2D eigenvalue weighted by Gasteiger charge is 2.21. The Bertz CT molecular complexity index is 479. The fourth-order valence-corrected chi connectivity index (χ4v) is 2.07. The molecule has 0 aliphatic heterocycles. The van der Waals surface area contributed by atoms with Crippen LogP contribution in [0, 0.1) is 6.92 Å². The van der Waals surface area contributed by atoms with Gasteiger partial charge in [0.2, 0.25) is 0 Å². The molecule has 0 saturated carbocycles. The number of aryl methyl sites for hydroxylation is 1. The van der Waals surface area contributed by atoms with Gasteiger partial charge in [0.1, 0.15) is 5.82 Å². The third kappa shape index (κ3) is 4.57. The number of rotatable bonds is 8. The minimum atomic E-state index is 0.0320. The molecule has 0 saturated heterocycles. The first kappa shape index (κ1) is 17.2. The second-order valence-electron chi connectivity index (χ2n) is 4.80.